The molecule has 6 rings (SSSR count). The molecule has 39 heavy (non-hydrogen) atoms. The Bertz CT molecular complexity index is 1540. The molecule has 3 aromatic heterocycles. The van der Waals surface area contributed by atoms with Crippen LogP contribution in [0.4, 0.5) is 16.4 Å². The van der Waals surface area contributed by atoms with E-state index in [0.29, 0.717) is 13.1 Å². The molecule has 2 aliphatic heterocycles. The maximum atomic E-state index is 12.1. The molecule has 1 aromatic carbocycles. The third kappa shape index (κ3) is 5.07. The number of hydrogen-bond acceptors (Lipinski definition) is 8. The number of benzene rings is 1. The standard InChI is InChI=1S/C29H36N8O2/c1-18-9-10-22-21(12-18)27(31-17-30-22)36-11-7-6-8-24(36)23-13-25-33-26(19(2)14-37(25)34-23)35-15-20(16-35)32-28(38)39-29(3,4)5/h9-10,12-14,17,20,24H,6-8,11,15-16H2,1-5H3,(H,32,38). The van der Waals surface area contributed by atoms with E-state index in [2.05, 4.69) is 58.2 Å². The maximum Gasteiger partial charge on any atom is 0.407 e. The molecule has 0 bridgehead atoms. The van der Waals surface area contributed by atoms with Crippen LogP contribution in [0.2, 0.25) is 0 Å². The normalized spacial score (nSPS) is 18.4. The van der Waals surface area contributed by atoms with Crippen LogP contribution in [0.1, 0.15) is 62.9 Å². The van der Waals surface area contributed by atoms with Crippen molar-refractivity contribution in [3.8, 4) is 0 Å². The first-order chi connectivity index (χ1) is 18.6. The van der Waals surface area contributed by atoms with Crippen molar-refractivity contribution in [1.82, 2.24) is 29.9 Å². The Morgan fingerprint density at radius 2 is 1.90 bits per heavy atom. The average molecular weight is 529 g/mol. The second kappa shape index (κ2) is 9.66. The lowest BCUT2D eigenvalue weighted by Gasteiger charge is -2.41. The summed E-state index contributed by atoms with van der Waals surface area (Å²) in [5, 5.41) is 9.01. The van der Waals surface area contributed by atoms with Crippen LogP contribution in [-0.4, -0.2) is 61.9 Å². The van der Waals surface area contributed by atoms with Gasteiger partial charge in [0.05, 0.1) is 23.3 Å². The summed E-state index contributed by atoms with van der Waals surface area (Å²) in [5.74, 6) is 1.90. The van der Waals surface area contributed by atoms with Gasteiger partial charge in [0, 0.05) is 42.8 Å². The summed E-state index contributed by atoms with van der Waals surface area (Å²) < 4.78 is 7.28. The predicted molar refractivity (Wildman–Crippen MR) is 151 cm³/mol. The van der Waals surface area contributed by atoms with Gasteiger partial charge in [-0.2, -0.15) is 5.10 Å². The smallest absolute Gasteiger partial charge is 0.407 e. The molecule has 1 N–H and O–H groups in total. The third-order valence-corrected chi connectivity index (χ3v) is 7.41. The Morgan fingerprint density at radius 3 is 2.69 bits per heavy atom. The van der Waals surface area contributed by atoms with Crippen LogP contribution in [-0.2, 0) is 4.74 Å². The first-order valence-corrected chi connectivity index (χ1v) is 13.7. The fraction of sp³-hybridized carbons (Fsp3) is 0.483. The number of nitrogens with zero attached hydrogens (tertiary/aromatic N) is 7. The summed E-state index contributed by atoms with van der Waals surface area (Å²) in [4.78, 5) is 30.9. The summed E-state index contributed by atoms with van der Waals surface area (Å²) in [6, 6.07) is 8.60. The molecular weight excluding hydrogens is 492 g/mol. The van der Waals surface area contributed by atoms with Crippen molar-refractivity contribution in [2.75, 3.05) is 29.4 Å². The van der Waals surface area contributed by atoms with E-state index in [9.17, 15) is 4.79 Å². The number of amides is 1. The number of anilines is 2. The SMILES string of the molecule is Cc1ccc2ncnc(N3CCCCC3c3cc4nc(N5CC(NC(=O)OC(C)(C)C)C5)c(C)cn4n3)c2c1. The van der Waals surface area contributed by atoms with Crippen LogP contribution in [0, 0.1) is 13.8 Å². The van der Waals surface area contributed by atoms with Crippen molar-refractivity contribution < 1.29 is 9.53 Å². The zero-order valence-electron chi connectivity index (χ0n) is 23.3. The number of carbonyl (C=O) groups excluding carboxylic acids is 1. The summed E-state index contributed by atoms with van der Waals surface area (Å²) in [7, 11) is 0. The number of rotatable bonds is 4. The lowest BCUT2D eigenvalue weighted by Crippen LogP contribution is -2.60. The number of fused-ring (bicyclic) bond motifs is 2. The average Bonchev–Trinajstić information content (AvgIpc) is 3.27. The van der Waals surface area contributed by atoms with Crippen molar-refractivity contribution >= 4 is 34.3 Å². The lowest BCUT2D eigenvalue weighted by molar-refractivity contribution is 0.0496. The number of nitrogens with one attached hydrogen (secondary N) is 1. The van der Waals surface area contributed by atoms with Gasteiger partial charge in [-0.15, -0.1) is 0 Å². The molecule has 2 saturated heterocycles. The van der Waals surface area contributed by atoms with Crippen LogP contribution in [0.25, 0.3) is 16.6 Å². The van der Waals surface area contributed by atoms with Gasteiger partial charge in [-0.3, -0.25) is 0 Å². The summed E-state index contributed by atoms with van der Waals surface area (Å²) in [6.07, 6.45) is 6.61. The van der Waals surface area contributed by atoms with Gasteiger partial charge < -0.3 is 19.9 Å². The zero-order valence-corrected chi connectivity index (χ0v) is 23.3. The second-order valence-corrected chi connectivity index (χ2v) is 11.8. The Hall–Kier alpha value is -3.95. The Kier molecular flexibility index (Phi) is 6.28. The molecule has 5 heterocycles. The highest BCUT2D eigenvalue weighted by Crippen LogP contribution is 2.37. The molecule has 1 atom stereocenters. The number of ether oxygens (including phenoxy) is 1. The molecule has 0 spiro atoms. The summed E-state index contributed by atoms with van der Waals surface area (Å²) >= 11 is 0. The fourth-order valence-corrected chi connectivity index (χ4v) is 5.60. The van der Waals surface area contributed by atoms with Crippen LogP contribution in [0.5, 0.6) is 0 Å². The van der Waals surface area contributed by atoms with Crippen LogP contribution >= 0.6 is 0 Å². The van der Waals surface area contributed by atoms with E-state index in [4.69, 9.17) is 19.8 Å². The van der Waals surface area contributed by atoms with Gasteiger partial charge in [-0.05, 0) is 66.0 Å². The molecule has 0 radical (unpaired) electrons. The van der Waals surface area contributed by atoms with E-state index in [1.807, 2.05) is 31.5 Å². The van der Waals surface area contributed by atoms with Crippen molar-refractivity contribution in [3.05, 3.63) is 53.6 Å². The van der Waals surface area contributed by atoms with E-state index < -0.39 is 5.60 Å². The number of aromatic nitrogens is 5. The van der Waals surface area contributed by atoms with E-state index in [1.54, 1.807) is 6.33 Å². The maximum absolute atomic E-state index is 12.1. The first-order valence-electron chi connectivity index (χ1n) is 13.7. The summed E-state index contributed by atoms with van der Waals surface area (Å²) in [5.41, 5.74) is 4.52. The van der Waals surface area contributed by atoms with Gasteiger partial charge in [0.15, 0.2) is 5.65 Å². The largest absolute Gasteiger partial charge is 0.444 e. The number of piperidine rings is 1. The lowest BCUT2D eigenvalue weighted by atomic mass is 9.98. The van der Waals surface area contributed by atoms with Crippen molar-refractivity contribution in [1.29, 1.82) is 0 Å². The fourth-order valence-electron chi connectivity index (χ4n) is 5.60. The number of carbonyl (C=O) groups is 1. The van der Waals surface area contributed by atoms with Crippen molar-refractivity contribution in [2.45, 2.75) is 71.6 Å². The molecule has 10 heteroatoms. The molecule has 1 unspecified atom stereocenters. The molecule has 2 fully saturated rings. The second-order valence-electron chi connectivity index (χ2n) is 11.8. The highest BCUT2D eigenvalue weighted by molar-refractivity contribution is 5.90. The molecular formula is C29H36N8O2. The van der Waals surface area contributed by atoms with E-state index in [1.165, 1.54) is 5.56 Å². The van der Waals surface area contributed by atoms with Gasteiger partial charge in [-0.1, -0.05) is 11.6 Å². The minimum absolute atomic E-state index is 0.0415. The van der Waals surface area contributed by atoms with E-state index in [0.717, 1.165) is 65.3 Å². The monoisotopic (exact) mass is 528 g/mol. The Morgan fingerprint density at radius 1 is 1.08 bits per heavy atom. The van der Waals surface area contributed by atoms with Crippen molar-refractivity contribution in [3.63, 3.8) is 0 Å². The van der Waals surface area contributed by atoms with Crippen LogP contribution in [0.3, 0.4) is 0 Å². The summed E-state index contributed by atoms with van der Waals surface area (Å²) in [6.45, 7) is 12.1. The highest BCUT2D eigenvalue weighted by Gasteiger charge is 2.33. The minimum Gasteiger partial charge on any atom is -0.444 e. The highest BCUT2D eigenvalue weighted by atomic mass is 16.6. The zero-order chi connectivity index (χ0) is 27.3. The third-order valence-electron chi connectivity index (χ3n) is 7.41. The quantitative estimate of drug-likeness (QED) is 0.406. The van der Waals surface area contributed by atoms with Gasteiger partial charge in [0.2, 0.25) is 0 Å². The molecule has 0 aliphatic carbocycles. The van der Waals surface area contributed by atoms with Gasteiger partial charge in [-0.25, -0.2) is 24.3 Å². The number of hydrogen-bond donors (Lipinski definition) is 1. The minimum atomic E-state index is -0.510. The number of alkyl carbamates (subject to hydrolysis) is 1. The number of aryl methyl sites for hydroxylation is 2. The van der Waals surface area contributed by atoms with Crippen LogP contribution in [0.15, 0.2) is 36.8 Å². The Labute approximate surface area is 228 Å². The topological polar surface area (TPSA) is 101 Å². The van der Waals surface area contributed by atoms with Gasteiger partial charge >= 0.3 is 6.09 Å². The van der Waals surface area contributed by atoms with Gasteiger partial charge in [0.25, 0.3) is 0 Å². The molecule has 10 nitrogen and oxygen atoms in total. The van der Waals surface area contributed by atoms with E-state index in [-0.39, 0.29) is 18.2 Å². The predicted octanol–water partition coefficient (Wildman–Crippen LogP) is 4.73. The molecule has 2 aliphatic rings. The molecule has 0 saturated carbocycles. The molecule has 4 aromatic rings. The van der Waals surface area contributed by atoms with Crippen molar-refractivity contribution in [2.24, 2.45) is 0 Å². The molecule has 1 amide bonds. The first kappa shape index (κ1) is 25.3. The molecule has 204 valence electrons. The van der Waals surface area contributed by atoms with E-state index >= 15 is 0 Å². The van der Waals surface area contributed by atoms with Crippen LogP contribution < -0.4 is 15.1 Å². The Balaban J connectivity index is 1.24. The van der Waals surface area contributed by atoms with Gasteiger partial charge in [0.1, 0.15) is 23.6 Å².